The van der Waals surface area contributed by atoms with Gasteiger partial charge in [0.25, 0.3) is 0 Å². The van der Waals surface area contributed by atoms with Crippen LogP contribution in [0.15, 0.2) is 0 Å². The first-order valence-corrected chi connectivity index (χ1v) is 7.76. The Hall–Kier alpha value is -0.970. The molecule has 0 aromatic heterocycles. The lowest BCUT2D eigenvalue weighted by atomic mass is 9.77. The lowest BCUT2D eigenvalue weighted by molar-refractivity contribution is -0.153. The summed E-state index contributed by atoms with van der Waals surface area (Å²) in [7, 11) is 0. The van der Waals surface area contributed by atoms with Crippen LogP contribution in [0.1, 0.15) is 66.7 Å². The van der Waals surface area contributed by atoms with E-state index in [2.05, 4.69) is 40.5 Å². The van der Waals surface area contributed by atoms with Crippen LogP contribution in [0.4, 0.5) is 0 Å². The summed E-state index contributed by atoms with van der Waals surface area (Å²) in [6.45, 7) is 11.5. The summed E-state index contributed by atoms with van der Waals surface area (Å²) in [5, 5.41) is 0. The van der Waals surface area contributed by atoms with Crippen LogP contribution < -0.4 is 0 Å². The summed E-state index contributed by atoms with van der Waals surface area (Å²) < 4.78 is 5.57. The van der Waals surface area contributed by atoms with Gasteiger partial charge in [-0.15, -0.1) is 12.3 Å². The lowest BCUT2D eigenvalue weighted by Gasteiger charge is -2.32. The highest BCUT2D eigenvalue weighted by Crippen LogP contribution is 2.34. The molecular weight excluding hydrogens is 248 g/mol. The first-order valence-electron chi connectivity index (χ1n) is 7.76. The minimum Gasteiger partial charge on any atom is -0.465 e. The molecule has 0 unspecified atom stereocenters. The molecule has 1 fully saturated rings. The van der Waals surface area contributed by atoms with Gasteiger partial charge < -0.3 is 4.74 Å². The van der Waals surface area contributed by atoms with Crippen molar-refractivity contribution < 1.29 is 9.53 Å². The number of carbonyl (C=O) groups is 1. The van der Waals surface area contributed by atoms with Gasteiger partial charge >= 0.3 is 5.97 Å². The van der Waals surface area contributed by atoms with Crippen molar-refractivity contribution in [1.29, 1.82) is 0 Å². The first-order chi connectivity index (χ1) is 9.13. The maximum Gasteiger partial charge on any atom is 0.308 e. The summed E-state index contributed by atoms with van der Waals surface area (Å²) in [5.74, 6) is 3.19. The Balaban J connectivity index is 2.38. The molecule has 0 radical (unpaired) electrons. The molecule has 1 aliphatic carbocycles. The van der Waals surface area contributed by atoms with Crippen molar-refractivity contribution in [3.05, 3.63) is 0 Å². The highest BCUT2D eigenvalue weighted by Gasteiger charge is 2.30. The van der Waals surface area contributed by atoms with Crippen LogP contribution in [0.5, 0.6) is 0 Å². The van der Waals surface area contributed by atoms with Crippen molar-refractivity contribution in [2.24, 2.45) is 22.7 Å². The van der Waals surface area contributed by atoms with E-state index in [-0.39, 0.29) is 22.7 Å². The predicted octanol–water partition coefficient (Wildman–Crippen LogP) is 4.43. The zero-order valence-electron chi connectivity index (χ0n) is 13.8. The second-order valence-electron chi connectivity index (χ2n) is 8.22. The number of hydrogen-bond donors (Lipinski definition) is 0. The van der Waals surface area contributed by atoms with E-state index in [1.165, 1.54) is 0 Å². The van der Waals surface area contributed by atoms with Crippen molar-refractivity contribution in [1.82, 2.24) is 0 Å². The number of terminal acetylenes is 1. The van der Waals surface area contributed by atoms with Crippen molar-refractivity contribution in [3.63, 3.8) is 0 Å². The van der Waals surface area contributed by atoms with Gasteiger partial charge in [-0.2, -0.15) is 0 Å². The van der Waals surface area contributed by atoms with Crippen molar-refractivity contribution >= 4 is 5.97 Å². The third kappa shape index (κ3) is 5.99. The van der Waals surface area contributed by atoms with E-state index < -0.39 is 0 Å². The summed E-state index contributed by atoms with van der Waals surface area (Å²) in [4.78, 5) is 12.1. The Morgan fingerprint density at radius 1 is 1.15 bits per heavy atom. The Morgan fingerprint density at radius 3 is 2.15 bits per heavy atom. The van der Waals surface area contributed by atoms with E-state index in [9.17, 15) is 4.79 Å². The Labute approximate surface area is 124 Å². The molecule has 0 bridgehead atoms. The molecule has 0 aromatic rings. The standard InChI is InChI=1S/C18H30O2/c1-7-14-8-10-15(11-9-14)16(19)20-13-18(5,6)12-17(2,3)4/h1,14-15H,8-13H2,2-6H3. The van der Waals surface area contributed by atoms with Gasteiger partial charge in [0.15, 0.2) is 0 Å². The molecular formula is C18H30O2. The van der Waals surface area contributed by atoms with Crippen LogP contribution in [-0.4, -0.2) is 12.6 Å². The quantitative estimate of drug-likeness (QED) is 0.561. The van der Waals surface area contributed by atoms with Gasteiger partial charge in [0.1, 0.15) is 0 Å². The van der Waals surface area contributed by atoms with Gasteiger partial charge in [-0.3, -0.25) is 4.79 Å². The molecule has 0 N–H and O–H groups in total. The molecule has 0 aliphatic heterocycles. The minimum atomic E-state index is -0.0255. The summed E-state index contributed by atoms with van der Waals surface area (Å²) in [6, 6.07) is 0. The zero-order chi connectivity index (χ0) is 15.4. The van der Waals surface area contributed by atoms with Crippen LogP contribution in [0.25, 0.3) is 0 Å². The van der Waals surface area contributed by atoms with E-state index in [1.807, 2.05) is 0 Å². The van der Waals surface area contributed by atoms with Gasteiger partial charge in [-0.1, -0.05) is 34.6 Å². The molecule has 0 aromatic carbocycles. The summed E-state index contributed by atoms with van der Waals surface area (Å²) in [6.07, 6.45) is 10.2. The molecule has 1 saturated carbocycles. The number of esters is 1. The van der Waals surface area contributed by atoms with Crippen molar-refractivity contribution in [3.8, 4) is 12.3 Å². The normalized spacial score (nSPS) is 24.0. The highest BCUT2D eigenvalue weighted by atomic mass is 16.5. The fourth-order valence-electron chi connectivity index (χ4n) is 3.37. The van der Waals surface area contributed by atoms with Gasteiger partial charge in [-0.05, 0) is 42.9 Å². The van der Waals surface area contributed by atoms with E-state index in [0.717, 1.165) is 32.1 Å². The van der Waals surface area contributed by atoms with E-state index in [4.69, 9.17) is 11.2 Å². The van der Waals surface area contributed by atoms with Crippen molar-refractivity contribution in [2.75, 3.05) is 6.61 Å². The first kappa shape index (κ1) is 17.1. The fraction of sp³-hybridized carbons (Fsp3) is 0.833. The average molecular weight is 278 g/mol. The Bertz CT molecular complexity index is 360. The predicted molar refractivity (Wildman–Crippen MR) is 83.1 cm³/mol. The molecule has 114 valence electrons. The number of rotatable bonds is 4. The highest BCUT2D eigenvalue weighted by molar-refractivity contribution is 5.72. The maximum atomic E-state index is 12.1. The molecule has 2 nitrogen and oxygen atoms in total. The van der Waals surface area contributed by atoms with E-state index >= 15 is 0 Å². The van der Waals surface area contributed by atoms with Crippen molar-refractivity contribution in [2.45, 2.75) is 66.7 Å². The second-order valence-corrected chi connectivity index (χ2v) is 8.22. The molecule has 1 aliphatic rings. The number of hydrogen-bond acceptors (Lipinski definition) is 2. The maximum absolute atomic E-state index is 12.1. The molecule has 0 saturated heterocycles. The number of ether oxygens (including phenoxy) is 1. The van der Waals surface area contributed by atoms with Crippen LogP contribution in [-0.2, 0) is 9.53 Å². The van der Waals surface area contributed by atoms with E-state index in [1.54, 1.807) is 0 Å². The third-order valence-electron chi connectivity index (χ3n) is 3.91. The fourth-order valence-corrected chi connectivity index (χ4v) is 3.37. The van der Waals surface area contributed by atoms with Gasteiger partial charge in [0, 0.05) is 5.92 Å². The van der Waals surface area contributed by atoms with E-state index in [0.29, 0.717) is 12.5 Å². The SMILES string of the molecule is C#CC1CCC(C(=O)OCC(C)(C)CC(C)(C)C)CC1. The molecule has 2 heteroatoms. The van der Waals surface area contributed by atoms with Gasteiger partial charge in [-0.25, -0.2) is 0 Å². The van der Waals surface area contributed by atoms with Crippen LogP contribution in [0.3, 0.4) is 0 Å². The molecule has 1 rings (SSSR count). The monoisotopic (exact) mass is 278 g/mol. The topological polar surface area (TPSA) is 26.3 Å². The average Bonchev–Trinajstić information content (AvgIpc) is 2.33. The van der Waals surface area contributed by atoms with Crippen LogP contribution in [0.2, 0.25) is 0 Å². The third-order valence-corrected chi connectivity index (χ3v) is 3.91. The zero-order valence-corrected chi connectivity index (χ0v) is 13.8. The molecule has 0 spiro atoms. The minimum absolute atomic E-state index is 0.0255. The summed E-state index contributed by atoms with van der Waals surface area (Å²) in [5.41, 5.74) is 0.282. The van der Waals surface area contributed by atoms with Crippen LogP contribution >= 0.6 is 0 Å². The Kier molecular flexibility index (Phi) is 5.68. The second kappa shape index (κ2) is 6.66. The molecule has 0 atom stereocenters. The van der Waals surface area contributed by atoms with Gasteiger partial charge in [0.05, 0.1) is 12.5 Å². The van der Waals surface area contributed by atoms with Gasteiger partial charge in [0.2, 0.25) is 0 Å². The molecule has 20 heavy (non-hydrogen) atoms. The Morgan fingerprint density at radius 2 is 1.70 bits per heavy atom. The molecule has 0 amide bonds. The van der Waals surface area contributed by atoms with Crippen LogP contribution in [0, 0.1) is 35.0 Å². The molecule has 0 heterocycles. The lowest BCUT2D eigenvalue weighted by Crippen LogP contribution is -2.30. The number of carbonyl (C=O) groups excluding carboxylic acids is 1. The summed E-state index contributed by atoms with van der Waals surface area (Å²) >= 11 is 0. The largest absolute Gasteiger partial charge is 0.465 e. The smallest absolute Gasteiger partial charge is 0.308 e.